The number of amides is 1. The van der Waals surface area contributed by atoms with Crippen LogP contribution in [-0.4, -0.2) is 66.1 Å². The zero-order valence-electron chi connectivity index (χ0n) is 13.9. The quantitative estimate of drug-likeness (QED) is 0.785. The van der Waals surface area contributed by atoms with Crippen molar-refractivity contribution in [1.29, 1.82) is 0 Å². The number of hydrogen-bond donors (Lipinski definition) is 2. The largest absolute Gasteiger partial charge is 0.480 e. The van der Waals surface area contributed by atoms with Gasteiger partial charge in [0, 0.05) is 19.0 Å². The van der Waals surface area contributed by atoms with Gasteiger partial charge in [-0.25, -0.2) is 0 Å². The Hall–Kier alpha value is -1.63. The first-order valence-corrected chi connectivity index (χ1v) is 8.52. The third kappa shape index (κ3) is 5.78. The summed E-state index contributed by atoms with van der Waals surface area (Å²) in [6, 6.07) is 7.48. The van der Waals surface area contributed by atoms with Crippen LogP contribution in [0.2, 0.25) is 5.02 Å². The minimum Gasteiger partial charge on any atom is -0.480 e. The van der Waals surface area contributed by atoms with E-state index in [1.54, 1.807) is 12.1 Å². The Bertz CT molecular complexity index is 574. The zero-order valence-corrected chi connectivity index (χ0v) is 14.6. The van der Waals surface area contributed by atoms with Crippen molar-refractivity contribution in [3.05, 3.63) is 29.3 Å². The Morgan fingerprint density at radius 2 is 2.00 bits per heavy atom. The standard InChI is InChI=1S/C17H24ClN3O3/c1-20(12-17(23)24)13-6-9-21(10-7-13)11-8-16(22)19-15-5-3-2-4-14(15)18/h2-5,13H,6-12H2,1H3,(H,19,22)(H,23,24). The molecule has 0 saturated carbocycles. The van der Waals surface area contributed by atoms with Crippen LogP contribution in [0.25, 0.3) is 0 Å². The number of para-hydroxylation sites is 1. The van der Waals surface area contributed by atoms with Crippen LogP contribution in [0.1, 0.15) is 19.3 Å². The molecule has 1 aliphatic rings. The normalized spacial score (nSPS) is 16.3. The third-order valence-corrected chi connectivity index (χ3v) is 4.70. The molecule has 1 aromatic rings. The monoisotopic (exact) mass is 353 g/mol. The van der Waals surface area contributed by atoms with Gasteiger partial charge in [0.05, 0.1) is 17.3 Å². The van der Waals surface area contributed by atoms with E-state index >= 15 is 0 Å². The van der Waals surface area contributed by atoms with Gasteiger partial charge < -0.3 is 15.3 Å². The van der Waals surface area contributed by atoms with Crippen molar-refractivity contribution in [1.82, 2.24) is 9.80 Å². The Kier molecular flexibility index (Phi) is 7.02. The van der Waals surface area contributed by atoms with Crippen molar-refractivity contribution in [3.63, 3.8) is 0 Å². The second-order valence-electron chi connectivity index (χ2n) is 6.16. The van der Waals surface area contributed by atoms with Crippen LogP contribution in [0.5, 0.6) is 0 Å². The molecule has 0 aromatic heterocycles. The van der Waals surface area contributed by atoms with Crippen LogP contribution in [0, 0.1) is 0 Å². The Labute approximate surface area is 147 Å². The van der Waals surface area contributed by atoms with E-state index in [-0.39, 0.29) is 12.5 Å². The van der Waals surface area contributed by atoms with E-state index in [0.717, 1.165) is 25.9 Å². The third-order valence-electron chi connectivity index (χ3n) is 4.37. The maximum Gasteiger partial charge on any atom is 0.317 e. The van der Waals surface area contributed by atoms with E-state index < -0.39 is 5.97 Å². The smallest absolute Gasteiger partial charge is 0.317 e. The molecule has 1 aromatic carbocycles. The topological polar surface area (TPSA) is 72.9 Å². The zero-order chi connectivity index (χ0) is 17.5. The molecule has 132 valence electrons. The Morgan fingerprint density at radius 3 is 2.62 bits per heavy atom. The highest BCUT2D eigenvalue weighted by Crippen LogP contribution is 2.21. The van der Waals surface area contributed by atoms with E-state index in [0.29, 0.717) is 29.7 Å². The van der Waals surface area contributed by atoms with Crippen LogP contribution >= 0.6 is 11.6 Å². The number of nitrogens with one attached hydrogen (secondary N) is 1. The summed E-state index contributed by atoms with van der Waals surface area (Å²) in [6.07, 6.45) is 2.27. The molecule has 0 radical (unpaired) electrons. The first-order valence-electron chi connectivity index (χ1n) is 8.14. The molecule has 1 saturated heterocycles. The Balaban J connectivity index is 1.70. The highest BCUT2D eigenvalue weighted by atomic mass is 35.5. The van der Waals surface area contributed by atoms with E-state index in [2.05, 4.69) is 10.2 Å². The highest BCUT2D eigenvalue weighted by Gasteiger charge is 2.23. The summed E-state index contributed by atoms with van der Waals surface area (Å²) in [7, 11) is 1.85. The SMILES string of the molecule is CN(CC(=O)O)C1CCN(CCC(=O)Nc2ccccc2Cl)CC1. The minimum absolute atomic E-state index is 0.0479. The van der Waals surface area contributed by atoms with E-state index in [1.165, 1.54) is 0 Å². The van der Waals surface area contributed by atoms with Crippen molar-refractivity contribution >= 4 is 29.2 Å². The summed E-state index contributed by atoms with van der Waals surface area (Å²) in [6.45, 7) is 2.54. The van der Waals surface area contributed by atoms with E-state index in [9.17, 15) is 9.59 Å². The number of carbonyl (C=O) groups excluding carboxylic acids is 1. The molecule has 0 atom stereocenters. The highest BCUT2D eigenvalue weighted by molar-refractivity contribution is 6.33. The average molecular weight is 354 g/mol. The lowest BCUT2D eigenvalue weighted by atomic mass is 10.0. The number of likely N-dealkylation sites (tertiary alicyclic amines) is 1. The second-order valence-corrected chi connectivity index (χ2v) is 6.57. The van der Waals surface area contributed by atoms with Crippen LogP contribution < -0.4 is 5.32 Å². The van der Waals surface area contributed by atoms with Gasteiger partial charge in [0.15, 0.2) is 0 Å². The molecule has 1 heterocycles. The molecule has 0 unspecified atom stereocenters. The van der Waals surface area contributed by atoms with Gasteiger partial charge in [-0.15, -0.1) is 0 Å². The number of anilines is 1. The molecule has 0 bridgehead atoms. The van der Waals surface area contributed by atoms with Crippen molar-refractivity contribution < 1.29 is 14.7 Å². The van der Waals surface area contributed by atoms with Crippen molar-refractivity contribution in [2.45, 2.75) is 25.3 Å². The molecule has 1 aliphatic heterocycles. The van der Waals surface area contributed by atoms with Gasteiger partial charge >= 0.3 is 5.97 Å². The number of rotatable bonds is 7. The maximum atomic E-state index is 12.0. The molecule has 0 spiro atoms. The van der Waals surface area contributed by atoms with Crippen LogP contribution in [0.3, 0.4) is 0 Å². The van der Waals surface area contributed by atoms with Crippen LogP contribution in [0.4, 0.5) is 5.69 Å². The number of likely N-dealkylation sites (N-methyl/N-ethyl adjacent to an activating group) is 1. The van der Waals surface area contributed by atoms with Gasteiger partial charge in [-0.05, 0) is 45.1 Å². The number of nitrogens with zero attached hydrogens (tertiary/aromatic N) is 2. The number of carboxylic acid groups (broad SMARTS) is 1. The van der Waals surface area contributed by atoms with Gasteiger partial charge in [0.1, 0.15) is 0 Å². The predicted molar refractivity (Wildman–Crippen MR) is 94.4 cm³/mol. The number of carbonyl (C=O) groups is 2. The predicted octanol–water partition coefficient (Wildman–Crippen LogP) is 2.15. The lowest BCUT2D eigenvalue weighted by Crippen LogP contribution is -2.45. The van der Waals surface area contributed by atoms with E-state index in [1.807, 2.05) is 24.1 Å². The van der Waals surface area contributed by atoms with Crippen molar-refractivity contribution in [2.24, 2.45) is 0 Å². The lowest BCUT2D eigenvalue weighted by Gasteiger charge is -2.36. The lowest BCUT2D eigenvalue weighted by molar-refractivity contribution is -0.138. The maximum absolute atomic E-state index is 12.0. The molecule has 1 fully saturated rings. The van der Waals surface area contributed by atoms with Crippen molar-refractivity contribution in [2.75, 3.05) is 38.5 Å². The number of hydrogen-bond acceptors (Lipinski definition) is 4. The molecular formula is C17H24ClN3O3. The molecule has 0 aliphatic carbocycles. The summed E-state index contributed by atoms with van der Waals surface area (Å²) >= 11 is 6.03. The minimum atomic E-state index is -0.795. The first kappa shape index (κ1) is 18.7. The molecule has 6 nitrogen and oxygen atoms in total. The van der Waals surface area contributed by atoms with Crippen LogP contribution in [0.15, 0.2) is 24.3 Å². The van der Waals surface area contributed by atoms with Gasteiger partial charge in [-0.1, -0.05) is 23.7 Å². The van der Waals surface area contributed by atoms with Gasteiger partial charge in [-0.2, -0.15) is 0 Å². The molecule has 2 rings (SSSR count). The number of benzene rings is 1. The molecule has 1 amide bonds. The fourth-order valence-electron chi connectivity index (χ4n) is 2.96. The molecule has 7 heteroatoms. The number of aliphatic carboxylic acids is 1. The molecule has 24 heavy (non-hydrogen) atoms. The molecular weight excluding hydrogens is 330 g/mol. The summed E-state index contributed by atoms with van der Waals surface area (Å²) < 4.78 is 0. The number of piperidine rings is 1. The van der Waals surface area contributed by atoms with Crippen LogP contribution in [-0.2, 0) is 9.59 Å². The summed E-state index contributed by atoms with van der Waals surface area (Å²) in [5.74, 6) is -0.843. The van der Waals surface area contributed by atoms with E-state index in [4.69, 9.17) is 16.7 Å². The van der Waals surface area contributed by atoms with Gasteiger partial charge in [0.25, 0.3) is 0 Å². The fraction of sp³-hybridized carbons (Fsp3) is 0.529. The molecule has 2 N–H and O–H groups in total. The van der Waals surface area contributed by atoms with Crippen molar-refractivity contribution in [3.8, 4) is 0 Å². The van der Waals surface area contributed by atoms with Gasteiger partial charge in [-0.3, -0.25) is 14.5 Å². The fourth-order valence-corrected chi connectivity index (χ4v) is 3.14. The summed E-state index contributed by atoms with van der Waals surface area (Å²) in [4.78, 5) is 26.9. The number of halogens is 1. The summed E-state index contributed by atoms with van der Waals surface area (Å²) in [5, 5.41) is 12.2. The second kappa shape index (κ2) is 9.01. The average Bonchev–Trinajstić information content (AvgIpc) is 2.55. The first-order chi connectivity index (χ1) is 11.5. The number of carboxylic acids is 1. The summed E-state index contributed by atoms with van der Waals surface area (Å²) in [5.41, 5.74) is 0.637. The Morgan fingerprint density at radius 1 is 1.33 bits per heavy atom. The van der Waals surface area contributed by atoms with Gasteiger partial charge in [0.2, 0.25) is 5.91 Å².